The number of rotatable bonds is 4. The quantitative estimate of drug-likeness (QED) is 0.623. The highest BCUT2D eigenvalue weighted by atomic mass is 19.1. The van der Waals surface area contributed by atoms with Crippen molar-refractivity contribution in [2.75, 3.05) is 0 Å². The normalized spacial score (nSPS) is 11.0. The van der Waals surface area contributed by atoms with Gasteiger partial charge >= 0.3 is 0 Å². The lowest BCUT2D eigenvalue weighted by molar-refractivity contribution is 0.282. The van der Waals surface area contributed by atoms with Gasteiger partial charge in [0.2, 0.25) is 0 Å². The van der Waals surface area contributed by atoms with Crippen LogP contribution in [0.25, 0.3) is 22.8 Å². The van der Waals surface area contributed by atoms with E-state index >= 15 is 0 Å². The number of aliphatic hydroxyl groups is 1. The fraction of sp³-hybridized carbons (Fsp3) is 0.0526. The number of imidazole rings is 1. The molecule has 0 fully saturated rings. The van der Waals surface area contributed by atoms with Gasteiger partial charge in [0.1, 0.15) is 11.6 Å². The van der Waals surface area contributed by atoms with Crippen LogP contribution in [0, 0.1) is 5.82 Å². The molecule has 4 aromatic rings. The highest BCUT2D eigenvalue weighted by molar-refractivity contribution is 5.69. The molecule has 0 aliphatic carbocycles. The van der Waals surface area contributed by atoms with Gasteiger partial charge in [0.05, 0.1) is 12.3 Å². The highest BCUT2D eigenvalue weighted by Gasteiger charge is 2.15. The highest BCUT2D eigenvalue weighted by Crippen LogP contribution is 2.28. The topological polar surface area (TPSA) is 55.9 Å². The molecular formula is C19H15FN4O. The molecule has 0 aliphatic rings. The van der Waals surface area contributed by atoms with E-state index in [1.165, 1.54) is 12.1 Å². The van der Waals surface area contributed by atoms with E-state index in [0.29, 0.717) is 11.4 Å². The van der Waals surface area contributed by atoms with Gasteiger partial charge in [-0.25, -0.2) is 14.1 Å². The van der Waals surface area contributed by atoms with E-state index in [4.69, 9.17) is 0 Å². The molecule has 0 unspecified atom stereocenters. The second-order valence-corrected chi connectivity index (χ2v) is 5.56. The summed E-state index contributed by atoms with van der Waals surface area (Å²) < 4.78 is 17.5. The van der Waals surface area contributed by atoms with Crippen LogP contribution in [-0.2, 0) is 6.61 Å². The summed E-state index contributed by atoms with van der Waals surface area (Å²) in [5.74, 6) is 0.254. The van der Waals surface area contributed by atoms with E-state index in [9.17, 15) is 9.50 Å². The first-order valence-corrected chi connectivity index (χ1v) is 7.80. The van der Waals surface area contributed by atoms with Crippen molar-refractivity contribution in [1.82, 2.24) is 19.3 Å². The predicted octanol–water partition coefficient (Wildman–Crippen LogP) is 3.36. The number of hydrogen-bond donors (Lipinski definition) is 1. The third-order valence-corrected chi connectivity index (χ3v) is 3.96. The van der Waals surface area contributed by atoms with Crippen LogP contribution in [0.2, 0.25) is 0 Å². The van der Waals surface area contributed by atoms with Crippen LogP contribution in [-0.4, -0.2) is 24.4 Å². The van der Waals surface area contributed by atoms with Gasteiger partial charge in [-0.2, -0.15) is 5.10 Å². The van der Waals surface area contributed by atoms with Gasteiger partial charge < -0.3 is 5.11 Å². The third kappa shape index (κ3) is 2.83. The van der Waals surface area contributed by atoms with Crippen LogP contribution in [0.15, 0.2) is 73.3 Å². The molecule has 0 bridgehead atoms. The van der Waals surface area contributed by atoms with Crippen molar-refractivity contribution >= 4 is 0 Å². The van der Waals surface area contributed by atoms with Crippen molar-refractivity contribution in [3.05, 3.63) is 84.7 Å². The van der Waals surface area contributed by atoms with Crippen molar-refractivity contribution in [1.29, 1.82) is 0 Å². The molecule has 0 saturated heterocycles. The summed E-state index contributed by atoms with van der Waals surface area (Å²) in [5.41, 5.74) is 3.00. The Labute approximate surface area is 143 Å². The number of aromatic nitrogens is 4. The average Bonchev–Trinajstić information content (AvgIpc) is 3.33. The molecular weight excluding hydrogens is 319 g/mol. The first-order valence-electron chi connectivity index (χ1n) is 7.80. The molecule has 6 heteroatoms. The SMILES string of the molecule is OCc1cccc(-n2ccnc2-c2cc(F)ccc2-n2cccn2)c1. The molecule has 25 heavy (non-hydrogen) atoms. The van der Waals surface area contributed by atoms with Gasteiger partial charge in [-0.05, 0) is 42.0 Å². The Morgan fingerprint density at radius 3 is 2.72 bits per heavy atom. The van der Waals surface area contributed by atoms with Crippen LogP contribution in [0.3, 0.4) is 0 Å². The largest absolute Gasteiger partial charge is 0.392 e. The van der Waals surface area contributed by atoms with E-state index in [0.717, 1.165) is 16.9 Å². The molecule has 2 heterocycles. The Morgan fingerprint density at radius 1 is 1.00 bits per heavy atom. The fourth-order valence-electron chi connectivity index (χ4n) is 2.81. The number of halogens is 1. The monoisotopic (exact) mass is 334 g/mol. The van der Waals surface area contributed by atoms with Crippen molar-refractivity contribution in [3.63, 3.8) is 0 Å². The molecule has 2 aromatic heterocycles. The zero-order valence-corrected chi connectivity index (χ0v) is 13.2. The molecule has 5 nitrogen and oxygen atoms in total. The van der Waals surface area contributed by atoms with Gasteiger partial charge in [-0.3, -0.25) is 4.57 Å². The van der Waals surface area contributed by atoms with Gasteiger partial charge in [-0.1, -0.05) is 12.1 Å². The van der Waals surface area contributed by atoms with Crippen LogP contribution in [0.1, 0.15) is 5.56 Å². The van der Waals surface area contributed by atoms with Gasteiger partial charge in [0, 0.05) is 36.0 Å². The lowest BCUT2D eigenvalue weighted by Gasteiger charge is -2.13. The van der Waals surface area contributed by atoms with Crippen molar-refractivity contribution in [2.24, 2.45) is 0 Å². The Kier molecular flexibility index (Phi) is 3.87. The predicted molar refractivity (Wildman–Crippen MR) is 92.0 cm³/mol. The Hall–Kier alpha value is -3.25. The third-order valence-electron chi connectivity index (χ3n) is 3.96. The second kappa shape index (κ2) is 6.33. The molecule has 2 aromatic carbocycles. The average molecular weight is 334 g/mol. The summed E-state index contributed by atoms with van der Waals surface area (Å²) in [6.45, 7) is -0.0453. The van der Waals surface area contributed by atoms with Gasteiger partial charge in [0.15, 0.2) is 0 Å². The van der Waals surface area contributed by atoms with Gasteiger partial charge in [0.25, 0.3) is 0 Å². The summed E-state index contributed by atoms with van der Waals surface area (Å²) in [6.07, 6.45) is 6.95. The maximum Gasteiger partial charge on any atom is 0.146 e. The number of aliphatic hydroxyl groups excluding tert-OH is 1. The van der Waals surface area contributed by atoms with Crippen LogP contribution in [0.5, 0.6) is 0 Å². The number of hydrogen-bond acceptors (Lipinski definition) is 3. The minimum atomic E-state index is -0.343. The summed E-state index contributed by atoms with van der Waals surface area (Å²) in [4.78, 5) is 4.42. The minimum absolute atomic E-state index is 0.0453. The summed E-state index contributed by atoms with van der Waals surface area (Å²) in [5, 5.41) is 13.6. The standard InChI is InChI=1S/C19H15FN4O/c20-15-5-6-18(24-9-2-7-22-24)17(12-15)19-21-8-10-23(19)16-4-1-3-14(11-16)13-25/h1-12,25H,13H2. The lowest BCUT2D eigenvalue weighted by Crippen LogP contribution is -2.03. The maximum absolute atomic E-state index is 13.9. The number of benzene rings is 2. The molecule has 1 N–H and O–H groups in total. The zero-order chi connectivity index (χ0) is 17.2. The molecule has 0 radical (unpaired) electrons. The van der Waals surface area contributed by atoms with Crippen LogP contribution < -0.4 is 0 Å². The smallest absolute Gasteiger partial charge is 0.146 e. The van der Waals surface area contributed by atoms with Crippen LogP contribution >= 0.6 is 0 Å². The zero-order valence-electron chi connectivity index (χ0n) is 13.2. The molecule has 0 atom stereocenters. The molecule has 4 rings (SSSR count). The Bertz CT molecular complexity index is 1010. The minimum Gasteiger partial charge on any atom is -0.392 e. The first kappa shape index (κ1) is 15.3. The van der Waals surface area contributed by atoms with Crippen molar-refractivity contribution in [3.8, 4) is 22.8 Å². The van der Waals surface area contributed by atoms with E-state index < -0.39 is 0 Å². The van der Waals surface area contributed by atoms with Crippen LogP contribution in [0.4, 0.5) is 4.39 Å². The van der Waals surface area contributed by atoms with Crippen molar-refractivity contribution in [2.45, 2.75) is 6.61 Å². The number of nitrogens with zero attached hydrogens (tertiary/aromatic N) is 4. The second-order valence-electron chi connectivity index (χ2n) is 5.56. The van der Waals surface area contributed by atoms with E-state index in [-0.39, 0.29) is 12.4 Å². The molecule has 0 saturated carbocycles. The molecule has 124 valence electrons. The summed E-state index contributed by atoms with van der Waals surface area (Å²) >= 11 is 0. The van der Waals surface area contributed by atoms with E-state index in [1.54, 1.807) is 29.3 Å². The van der Waals surface area contributed by atoms with Crippen molar-refractivity contribution < 1.29 is 9.50 Å². The maximum atomic E-state index is 13.9. The molecule has 0 spiro atoms. The molecule has 0 aliphatic heterocycles. The van der Waals surface area contributed by atoms with Gasteiger partial charge in [-0.15, -0.1) is 0 Å². The fourth-order valence-corrected chi connectivity index (χ4v) is 2.81. The summed E-state index contributed by atoms with van der Waals surface area (Å²) in [6, 6.07) is 13.8. The summed E-state index contributed by atoms with van der Waals surface area (Å²) in [7, 11) is 0. The Balaban J connectivity index is 1.90. The molecule has 0 amide bonds. The Morgan fingerprint density at radius 2 is 1.92 bits per heavy atom. The lowest BCUT2D eigenvalue weighted by atomic mass is 10.1. The van der Waals surface area contributed by atoms with E-state index in [1.807, 2.05) is 41.1 Å². The van der Waals surface area contributed by atoms with E-state index in [2.05, 4.69) is 10.1 Å². The first-order chi connectivity index (χ1) is 12.3.